The lowest BCUT2D eigenvalue weighted by atomic mass is 10.2. The monoisotopic (exact) mass is 356 g/mol. The van der Waals surface area contributed by atoms with E-state index in [9.17, 15) is 18.4 Å². The maximum absolute atomic E-state index is 13.5. The summed E-state index contributed by atoms with van der Waals surface area (Å²) in [5, 5.41) is 0.193. The van der Waals surface area contributed by atoms with E-state index in [1.807, 2.05) is 0 Å². The molecule has 0 aromatic heterocycles. The maximum Gasteiger partial charge on any atom is 0.272 e. The van der Waals surface area contributed by atoms with Crippen molar-refractivity contribution >= 4 is 35.2 Å². The Kier molecular flexibility index (Phi) is 5.95. The second-order valence-electron chi connectivity index (χ2n) is 4.35. The standard InChI is InChI=1S/C15H11ClF2N2O2S/c16-9-5-6-11(17)10(7-9)15(22)20-19-14(21)8-23-13-4-2-1-3-12(13)18/h1-7H,8H2,(H,19,21)(H,20,22). The number of benzene rings is 2. The SMILES string of the molecule is O=C(CSc1ccccc1F)NNC(=O)c1cc(Cl)ccc1F. The summed E-state index contributed by atoms with van der Waals surface area (Å²) in [6.07, 6.45) is 0. The molecular formula is C15H11ClF2N2O2S. The third kappa shape index (κ3) is 4.94. The molecule has 0 fully saturated rings. The molecule has 120 valence electrons. The molecule has 2 rings (SSSR count). The lowest BCUT2D eigenvalue weighted by Gasteiger charge is -2.08. The summed E-state index contributed by atoms with van der Waals surface area (Å²) in [5.41, 5.74) is 3.91. The van der Waals surface area contributed by atoms with Gasteiger partial charge in [0, 0.05) is 9.92 Å². The van der Waals surface area contributed by atoms with Gasteiger partial charge in [0.05, 0.1) is 11.3 Å². The maximum atomic E-state index is 13.5. The van der Waals surface area contributed by atoms with Gasteiger partial charge in [-0.15, -0.1) is 11.8 Å². The highest BCUT2D eigenvalue weighted by atomic mass is 35.5. The summed E-state index contributed by atoms with van der Waals surface area (Å²) in [4.78, 5) is 23.7. The number of rotatable bonds is 4. The summed E-state index contributed by atoms with van der Waals surface area (Å²) < 4.78 is 26.9. The fraction of sp³-hybridized carbons (Fsp3) is 0.0667. The fourth-order valence-electron chi connectivity index (χ4n) is 1.61. The normalized spacial score (nSPS) is 10.2. The molecule has 2 N–H and O–H groups in total. The Morgan fingerprint density at radius 3 is 2.52 bits per heavy atom. The van der Waals surface area contributed by atoms with Crippen LogP contribution in [0.15, 0.2) is 47.4 Å². The summed E-state index contributed by atoms with van der Waals surface area (Å²) >= 11 is 6.66. The molecular weight excluding hydrogens is 346 g/mol. The molecule has 0 spiro atoms. The second kappa shape index (κ2) is 7.94. The van der Waals surface area contributed by atoms with E-state index in [0.29, 0.717) is 4.90 Å². The van der Waals surface area contributed by atoms with Crippen LogP contribution in [-0.4, -0.2) is 17.6 Å². The molecule has 0 unspecified atom stereocenters. The van der Waals surface area contributed by atoms with Gasteiger partial charge in [0.25, 0.3) is 5.91 Å². The van der Waals surface area contributed by atoms with Crippen molar-refractivity contribution in [3.05, 3.63) is 64.7 Å². The molecule has 0 bridgehead atoms. The van der Waals surface area contributed by atoms with Crippen molar-refractivity contribution in [3.63, 3.8) is 0 Å². The van der Waals surface area contributed by atoms with Gasteiger partial charge < -0.3 is 0 Å². The van der Waals surface area contributed by atoms with Crippen molar-refractivity contribution in [2.24, 2.45) is 0 Å². The minimum Gasteiger partial charge on any atom is -0.272 e. The van der Waals surface area contributed by atoms with Crippen molar-refractivity contribution in [2.75, 3.05) is 5.75 Å². The van der Waals surface area contributed by atoms with Crippen LogP contribution < -0.4 is 10.9 Å². The highest BCUT2D eigenvalue weighted by Crippen LogP contribution is 2.20. The first kappa shape index (κ1) is 17.2. The Balaban J connectivity index is 1.86. The number of hydrogen-bond acceptors (Lipinski definition) is 3. The minimum absolute atomic E-state index is 0.112. The number of hydrogen-bond donors (Lipinski definition) is 2. The van der Waals surface area contributed by atoms with Gasteiger partial charge >= 0.3 is 0 Å². The topological polar surface area (TPSA) is 58.2 Å². The number of thioether (sulfide) groups is 1. The summed E-state index contributed by atoms with van der Waals surface area (Å²) in [6, 6.07) is 9.50. The number of nitrogens with one attached hydrogen (secondary N) is 2. The predicted molar refractivity (Wildman–Crippen MR) is 84.1 cm³/mol. The quantitative estimate of drug-likeness (QED) is 0.653. The molecule has 0 aliphatic heterocycles. The van der Waals surface area contributed by atoms with Crippen LogP contribution in [0.4, 0.5) is 8.78 Å². The number of carbonyl (C=O) groups excluding carboxylic acids is 2. The Morgan fingerprint density at radius 1 is 1.04 bits per heavy atom. The van der Waals surface area contributed by atoms with E-state index in [1.54, 1.807) is 12.1 Å². The van der Waals surface area contributed by atoms with Crippen LogP contribution >= 0.6 is 23.4 Å². The van der Waals surface area contributed by atoms with Crippen LogP contribution in [0, 0.1) is 11.6 Å². The largest absolute Gasteiger partial charge is 0.272 e. The zero-order chi connectivity index (χ0) is 16.8. The lowest BCUT2D eigenvalue weighted by Crippen LogP contribution is -2.42. The number of amides is 2. The van der Waals surface area contributed by atoms with Crippen LogP contribution in [0.2, 0.25) is 5.02 Å². The first-order chi connectivity index (χ1) is 11.0. The first-order valence-electron chi connectivity index (χ1n) is 6.39. The minimum atomic E-state index is -0.839. The molecule has 2 amide bonds. The molecule has 0 atom stereocenters. The highest BCUT2D eigenvalue weighted by molar-refractivity contribution is 8.00. The van der Waals surface area contributed by atoms with Crippen LogP contribution in [0.25, 0.3) is 0 Å². The number of hydrazine groups is 1. The zero-order valence-electron chi connectivity index (χ0n) is 11.6. The highest BCUT2D eigenvalue weighted by Gasteiger charge is 2.13. The van der Waals surface area contributed by atoms with Crippen LogP contribution in [0.5, 0.6) is 0 Å². The molecule has 0 aliphatic rings. The third-order valence-corrected chi connectivity index (χ3v) is 3.97. The summed E-state index contributed by atoms with van der Waals surface area (Å²) in [7, 11) is 0. The van der Waals surface area contributed by atoms with Crippen molar-refractivity contribution in [3.8, 4) is 0 Å². The zero-order valence-corrected chi connectivity index (χ0v) is 13.2. The average Bonchev–Trinajstić information content (AvgIpc) is 2.54. The van der Waals surface area contributed by atoms with E-state index in [2.05, 4.69) is 10.9 Å². The van der Waals surface area contributed by atoms with Gasteiger partial charge in [0.15, 0.2) is 0 Å². The second-order valence-corrected chi connectivity index (χ2v) is 5.80. The van der Waals surface area contributed by atoms with E-state index < -0.39 is 23.4 Å². The fourth-order valence-corrected chi connectivity index (χ4v) is 2.52. The molecule has 0 aliphatic carbocycles. The molecule has 23 heavy (non-hydrogen) atoms. The smallest absolute Gasteiger partial charge is 0.272 e. The first-order valence-corrected chi connectivity index (χ1v) is 7.75. The van der Waals surface area contributed by atoms with E-state index in [1.165, 1.54) is 18.2 Å². The van der Waals surface area contributed by atoms with Crippen molar-refractivity contribution < 1.29 is 18.4 Å². The van der Waals surface area contributed by atoms with Gasteiger partial charge in [-0.3, -0.25) is 20.4 Å². The van der Waals surface area contributed by atoms with E-state index in [0.717, 1.165) is 23.9 Å². The van der Waals surface area contributed by atoms with Crippen LogP contribution in [0.1, 0.15) is 10.4 Å². The van der Waals surface area contributed by atoms with Gasteiger partial charge in [-0.05, 0) is 30.3 Å². The average molecular weight is 357 g/mol. The lowest BCUT2D eigenvalue weighted by molar-refractivity contribution is -0.119. The van der Waals surface area contributed by atoms with Crippen LogP contribution in [0.3, 0.4) is 0 Å². The number of halogens is 3. The Hall–Kier alpha value is -2.12. The number of carbonyl (C=O) groups is 2. The van der Waals surface area contributed by atoms with E-state index in [4.69, 9.17) is 11.6 Å². The molecule has 0 heterocycles. The predicted octanol–water partition coefficient (Wildman–Crippen LogP) is 3.17. The summed E-state index contributed by atoms with van der Waals surface area (Å²) in [5.74, 6) is -2.71. The molecule has 8 heteroatoms. The molecule has 0 saturated carbocycles. The van der Waals surface area contributed by atoms with Crippen molar-refractivity contribution in [2.45, 2.75) is 4.90 Å². The molecule has 0 radical (unpaired) electrons. The van der Waals surface area contributed by atoms with Gasteiger partial charge in [-0.2, -0.15) is 0 Å². The van der Waals surface area contributed by atoms with E-state index >= 15 is 0 Å². The molecule has 4 nitrogen and oxygen atoms in total. The Labute approximate surface area is 140 Å². The molecule has 2 aromatic rings. The van der Waals surface area contributed by atoms with Gasteiger partial charge in [0.1, 0.15) is 11.6 Å². The molecule has 2 aromatic carbocycles. The van der Waals surface area contributed by atoms with Crippen molar-refractivity contribution in [1.29, 1.82) is 0 Å². The van der Waals surface area contributed by atoms with Crippen LogP contribution in [-0.2, 0) is 4.79 Å². The van der Waals surface area contributed by atoms with Gasteiger partial charge in [-0.1, -0.05) is 23.7 Å². The summed E-state index contributed by atoms with van der Waals surface area (Å²) in [6.45, 7) is 0. The van der Waals surface area contributed by atoms with Gasteiger partial charge in [-0.25, -0.2) is 8.78 Å². The Morgan fingerprint density at radius 2 is 1.78 bits per heavy atom. The molecule has 0 saturated heterocycles. The van der Waals surface area contributed by atoms with Crippen molar-refractivity contribution in [1.82, 2.24) is 10.9 Å². The Bertz CT molecular complexity index is 743. The van der Waals surface area contributed by atoms with E-state index in [-0.39, 0.29) is 16.3 Å². The van der Waals surface area contributed by atoms with Gasteiger partial charge in [0.2, 0.25) is 5.91 Å². The third-order valence-electron chi connectivity index (χ3n) is 2.68.